The van der Waals surface area contributed by atoms with Crippen LogP contribution in [0.2, 0.25) is 0 Å². The molecule has 2 aromatic carbocycles. The highest BCUT2D eigenvalue weighted by Crippen LogP contribution is 2.22. The number of carbonyl (C=O) groups excluding carboxylic acids is 1. The fourth-order valence-corrected chi connectivity index (χ4v) is 3.06. The van der Waals surface area contributed by atoms with E-state index in [0.29, 0.717) is 35.6 Å². The van der Waals surface area contributed by atoms with Gasteiger partial charge in [-0.3, -0.25) is 9.59 Å². The molecule has 6 nitrogen and oxygen atoms in total. The predicted octanol–water partition coefficient (Wildman–Crippen LogP) is 3.13. The van der Waals surface area contributed by atoms with E-state index >= 15 is 0 Å². The number of benzene rings is 2. The van der Waals surface area contributed by atoms with Gasteiger partial charge >= 0.3 is 0 Å². The fraction of sp³-hybridized carbons (Fsp3) is 0.273. The molecule has 0 radical (unpaired) electrons. The molecule has 1 amide bonds. The van der Waals surface area contributed by atoms with Crippen LogP contribution in [-0.4, -0.2) is 31.7 Å². The van der Waals surface area contributed by atoms with Crippen molar-refractivity contribution in [3.05, 3.63) is 69.0 Å². The number of hydrogen-bond donors (Lipinski definition) is 2. The monoisotopic (exact) mass is 380 g/mol. The normalized spacial score (nSPS) is 10.7. The first-order valence-corrected chi connectivity index (χ1v) is 9.05. The van der Waals surface area contributed by atoms with Gasteiger partial charge in [0, 0.05) is 29.3 Å². The number of ether oxygens (including phenoxy) is 2. The third-order valence-electron chi connectivity index (χ3n) is 4.83. The van der Waals surface area contributed by atoms with Gasteiger partial charge in [-0.2, -0.15) is 0 Å². The lowest BCUT2D eigenvalue weighted by Gasteiger charge is -2.10. The van der Waals surface area contributed by atoms with E-state index in [-0.39, 0.29) is 11.5 Å². The number of H-pyrrole nitrogens is 1. The summed E-state index contributed by atoms with van der Waals surface area (Å²) in [5.74, 6) is 0.836. The number of pyridine rings is 1. The average Bonchev–Trinajstić information content (AvgIpc) is 2.69. The zero-order chi connectivity index (χ0) is 20.3. The third kappa shape index (κ3) is 4.17. The quantitative estimate of drug-likeness (QED) is 0.688. The van der Waals surface area contributed by atoms with Crippen LogP contribution in [0.1, 0.15) is 27.0 Å². The van der Waals surface area contributed by atoms with E-state index in [4.69, 9.17) is 9.47 Å². The lowest BCUT2D eigenvalue weighted by Crippen LogP contribution is -2.27. The number of rotatable bonds is 6. The zero-order valence-corrected chi connectivity index (χ0v) is 16.5. The predicted molar refractivity (Wildman–Crippen MR) is 110 cm³/mol. The molecular formula is C22H24N2O4. The van der Waals surface area contributed by atoms with Gasteiger partial charge < -0.3 is 19.8 Å². The molecule has 0 fully saturated rings. The molecule has 146 valence electrons. The van der Waals surface area contributed by atoms with Crippen molar-refractivity contribution < 1.29 is 14.3 Å². The minimum Gasteiger partial charge on any atom is -0.497 e. The van der Waals surface area contributed by atoms with E-state index in [2.05, 4.69) is 16.4 Å². The van der Waals surface area contributed by atoms with E-state index in [1.54, 1.807) is 18.2 Å². The maximum absolute atomic E-state index is 12.4. The molecule has 0 aliphatic carbocycles. The summed E-state index contributed by atoms with van der Waals surface area (Å²) in [6, 6.07) is 10.9. The second-order valence-electron chi connectivity index (χ2n) is 6.75. The molecular weight excluding hydrogens is 356 g/mol. The molecule has 3 rings (SSSR count). The molecule has 1 heterocycles. The molecule has 0 aliphatic heterocycles. The number of amides is 1. The topological polar surface area (TPSA) is 80.4 Å². The smallest absolute Gasteiger partial charge is 0.251 e. The van der Waals surface area contributed by atoms with Crippen molar-refractivity contribution in [2.45, 2.75) is 20.3 Å². The second kappa shape index (κ2) is 8.17. The highest BCUT2D eigenvalue weighted by Gasteiger charge is 2.10. The lowest BCUT2D eigenvalue weighted by atomic mass is 10.0. The standard InChI is InChI=1S/C22H24N2O4/c1-13-7-16-9-15(22(26)24-20(16)8-14(13)2)5-6-23-21(25)17-10-18(27-3)12-19(11-17)28-4/h7-12H,5-6H2,1-4H3,(H,23,25)(H,24,26). The number of nitrogens with one attached hydrogen (secondary N) is 2. The minimum absolute atomic E-state index is 0.131. The SMILES string of the molecule is COc1cc(OC)cc(C(=O)NCCc2cc3cc(C)c(C)cc3[nH]c2=O)c1. The highest BCUT2D eigenvalue weighted by molar-refractivity contribution is 5.95. The molecule has 0 spiro atoms. The number of carbonyl (C=O) groups is 1. The first kappa shape index (κ1) is 19.5. The third-order valence-corrected chi connectivity index (χ3v) is 4.83. The number of aromatic amines is 1. The summed E-state index contributed by atoms with van der Waals surface area (Å²) < 4.78 is 10.4. The summed E-state index contributed by atoms with van der Waals surface area (Å²) >= 11 is 0. The summed E-state index contributed by atoms with van der Waals surface area (Å²) in [4.78, 5) is 27.7. The van der Waals surface area contributed by atoms with E-state index in [1.165, 1.54) is 19.8 Å². The Morgan fingerprint density at radius 2 is 1.61 bits per heavy atom. The molecule has 0 saturated carbocycles. The molecule has 2 N–H and O–H groups in total. The molecule has 3 aromatic rings. The Kier molecular flexibility index (Phi) is 5.68. The number of aromatic nitrogens is 1. The number of methoxy groups -OCH3 is 2. The Morgan fingerprint density at radius 1 is 0.964 bits per heavy atom. The molecule has 6 heteroatoms. The minimum atomic E-state index is -0.249. The van der Waals surface area contributed by atoms with Crippen molar-refractivity contribution in [1.29, 1.82) is 0 Å². The van der Waals surface area contributed by atoms with E-state index in [1.807, 2.05) is 26.0 Å². The number of hydrogen-bond acceptors (Lipinski definition) is 4. The number of aryl methyl sites for hydroxylation is 2. The first-order chi connectivity index (χ1) is 13.4. The van der Waals surface area contributed by atoms with Gasteiger partial charge in [0.1, 0.15) is 11.5 Å². The van der Waals surface area contributed by atoms with Crippen LogP contribution < -0.4 is 20.3 Å². The molecule has 0 unspecified atom stereocenters. The second-order valence-corrected chi connectivity index (χ2v) is 6.75. The Labute approximate surface area is 163 Å². The Hall–Kier alpha value is -3.28. The van der Waals surface area contributed by atoms with Gasteiger partial charge in [0.05, 0.1) is 14.2 Å². The largest absolute Gasteiger partial charge is 0.497 e. The van der Waals surface area contributed by atoms with Gasteiger partial charge in [0.15, 0.2) is 0 Å². The van der Waals surface area contributed by atoms with Crippen molar-refractivity contribution in [1.82, 2.24) is 10.3 Å². The van der Waals surface area contributed by atoms with E-state index < -0.39 is 0 Å². The molecule has 1 aromatic heterocycles. The maximum Gasteiger partial charge on any atom is 0.251 e. The van der Waals surface area contributed by atoms with Crippen LogP contribution >= 0.6 is 0 Å². The molecule has 0 atom stereocenters. The van der Waals surface area contributed by atoms with Crippen LogP contribution in [0.15, 0.2) is 41.2 Å². The molecule has 0 bridgehead atoms. The average molecular weight is 380 g/mol. The summed E-state index contributed by atoms with van der Waals surface area (Å²) in [7, 11) is 3.07. The summed E-state index contributed by atoms with van der Waals surface area (Å²) in [5.41, 5.74) is 4.08. The van der Waals surface area contributed by atoms with Crippen molar-refractivity contribution in [2.75, 3.05) is 20.8 Å². The van der Waals surface area contributed by atoms with Gasteiger partial charge in [-0.1, -0.05) is 0 Å². The van der Waals surface area contributed by atoms with Crippen molar-refractivity contribution >= 4 is 16.8 Å². The summed E-state index contributed by atoms with van der Waals surface area (Å²) in [6.07, 6.45) is 0.436. The lowest BCUT2D eigenvalue weighted by molar-refractivity contribution is 0.0953. The van der Waals surface area contributed by atoms with Crippen molar-refractivity contribution in [2.24, 2.45) is 0 Å². The zero-order valence-electron chi connectivity index (χ0n) is 16.5. The Balaban J connectivity index is 1.72. The van der Waals surface area contributed by atoms with Gasteiger partial charge in [-0.25, -0.2) is 0 Å². The molecule has 0 aliphatic rings. The van der Waals surface area contributed by atoms with E-state index in [9.17, 15) is 9.59 Å². The molecule has 0 saturated heterocycles. The first-order valence-electron chi connectivity index (χ1n) is 9.05. The van der Waals surface area contributed by atoms with Crippen LogP contribution in [0.4, 0.5) is 0 Å². The summed E-state index contributed by atoms with van der Waals surface area (Å²) in [5, 5.41) is 3.83. The fourth-order valence-electron chi connectivity index (χ4n) is 3.06. The van der Waals surface area contributed by atoms with Crippen molar-refractivity contribution in [3.63, 3.8) is 0 Å². The van der Waals surface area contributed by atoms with Crippen molar-refractivity contribution in [3.8, 4) is 11.5 Å². The van der Waals surface area contributed by atoms with Crippen LogP contribution in [0.25, 0.3) is 10.9 Å². The van der Waals surface area contributed by atoms with Crippen LogP contribution in [0, 0.1) is 13.8 Å². The van der Waals surface area contributed by atoms with Crippen LogP contribution in [0.5, 0.6) is 11.5 Å². The van der Waals surface area contributed by atoms with Gasteiger partial charge in [0.25, 0.3) is 11.5 Å². The number of fused-ring (bicyclic) bond motifs is 1. The Morgan fingerprint density at radius 3 is 2.25 bits per heavy atom. The van der Waals surface area contributed by atoms with E-state index in [0.717, 1.165) is 16.5 Å². The van der Waals surface area contributed by atoms with Crippen LogP contribution in [0.3, 0.4) is 0 Å². The molecule has 28 heavy (non-hydrogen) atoms. The van der Waals surface area contributed by atoms with Gasteiger partial charge in [0.2, 0.25) is 0 Å². The van der Waals surface area contributed by atoms with Gasteiger partial charge in [-0.15, -0.1) is 0 Å². The van der Waals surface area contributed by atoms with Crippen LogP contribution in [-0.2, 0) is 6.42 Å². The van der Waals surface area contributed by atoms with Gasteiger partial charge in [-0.05, 0) is 67.1 Å². The maximum atomic E-state index is 12.4. The Bertz CT molecular complexity index is 1060. The highest BCUT2D eigenvalue weighted by atomic mass is 16.5. The summed E-state index contributed by atoms with van der Waals surface area (Å²) in [6.45, 7) is 4.41.